The van der Waals surface area contributed by atoms with Gasteiger partial charge in [-0.05, 0) is 6.92 Å². The van der Waals surface area contributed by atoms with Crippen molar-refractivity contribution >= 4 is 11.9 Å². The highest BCUT2D eigenvalue weighted by Crippen LogP contribution is 2.07. The van der Waals surface area contributed by atoms with E-state index in [1.54, 1.807) is 11.8 Å². The maximum absolute atomic E-state index is 9.12. The fourth-order valence-electron chi connectivity index (χ4n) is 0.916. The predicted molar refractivity (Wildman–Crippen MR) is 50.4 cm³/mol. The molecule has 6 nitrogen and oxygen atoms in total. The van der Waals surface area contributed by atoms with E-state index in [1.165, 1.54) is 4.68 Å². The Balaban J connectivity index is 2.83. The molecule has 1 rings (SSSR count). The van der Waals surface area contributed by atoms with E-state index < -0.39 is 6.10 Å². The van der Waals surface area contributed by atoms with Gasteiger partial charge in [0.1, 0.15) is 0 Å². The smallest absolute Gasteiger partial charge is 0.246 e. The lowest BCUT2D eigenvalue weighted by atomic mass is 10.4. The molecule has 1 aromatic heterocycles. The van der Waals surface area contributed by atoms with Crippen molar-refractivity contribution in [3.8, 4) is 0 Å². The number of aromatic nitrogens is 3. The van der Waals surface area contributed by atoms with Gasteiger partial charge in [-0.2, -0.15) is 4.98 Å². The summed E-state index contributed by atoms with van der Waals surface area (Å²) in [5.74, 6) is 0.878. The summed E-state index contributed by atoms with van der Waals surface area (Å²) in [6.07, 6.45) is -0.473. The summed E-state index contributed by atoms with van der Waals surface area (Å²) in [6.45, 7) is 2.04. The second kappa shape index (κ2) is 3.61. The number of hydrogen-bond donors (Lipinski definition) is 2. The third-order valence-corrected chi connectivity index (χ3v) is 1.53. The molecule has 0 saturated heterocycles. The minimum Gasteiger partial charge on any atom is -0.391 e. The molecule has 74 valence electrons. The van der Waals surface area contributed by atoms with E-state index in [9.17, 15) is 0 Å². The van der Waals surface area contributed by atoms with E-state index in [-0.39, 0.29) is 0 Å². The molecule has 1 aromatic rings. The summed E-state index contributed by atoms with van der Waals surface area (Å²) in [7, 11) is 3.67. The number of aliphatic hydroxyl groups is 1. The number of hydrogen-bond acceptors (Lipinski definition) is 5. The Morgan fingerprint density at radius 2 is 2.23 bits per heavy atom. The predicted octanol–water partition coefficient (Wildman–Crippen LogP) is -0.693. The number of nitrogens with zero attached hydrogens (tertiary/aromatic N) is 4. The van der Waals surface area contributed by atoms with E-state index in [4.69, 9.17) is 10.8 Å². The summed E-state index contributed by atoms with van der Waals surface area (Å²) in [5, 5.41) is 13.2. The summed E-state index contributed by atoms with van der Waals surface area (Å²) >= 11 is 0. The van der Waals surface area contributed by atoms with Crippen molar-refractivity contribution in [1.82, 2.24) is 14.8 Å². The Bertz CT molecular complexity index is 280. The van der Waals surface area contributed by atoms with Gasteiger partial charge in [-0.1, -0.05) is 0 Å². The minimum atomic E-state index is -0.473. The summed E-state index contributed by atoms with van der Waals surface area (Å²) < 4.78 is 1.49. The molecular formula is C7H15N5O. The highest BCUT2D eigenvalue weighted by molar-refractivity contribution is 5.32. The molecule has 1 unspecified atom stereocenters. The van der Waals surface area contributed by atoms with Crippen molar-refractivity contribution in [3.63, 3.8) is 0 Å². The highest BCUT2D eigenvalue weighted by atomic mass is 16.3. The normalized spacial score (nSPS) is 12.9. The Morgan fingerprint density at radius 3 is 2.62 bits per heavy atom. The van der Waals surface area contributed by atoms with Crippen LogP contribution in [0.1, 0.15) is 6.92 Å². The molecule has 1 heterocycles. The molecule has 0 saturated carbocycles. The zero-order valence-electron chi connectivity index (χ0n) is 8.10. The Kier molecular flexibility index (Phi) is 2.72. The van der Waals surface area contributed by atoms with E-state index >= 15 is 0 Å². The molecule has 0 aliphatic rings. The van der Waals surface area contributed by atoms with E-state index in [0.29, 0.717) is 18.4 Å². The van der Waals surface area contributed by atoms with Crippen LogP contribution in [0.4, 0.5) is 11.9 Å². The van der Waals surface area contributed by atoms with Gasteiger partial charge < -0.3 is 15.7 Å². The van der Waals surface area contributed by atoms with Crippen LogP contribution in [0.2, 0.25) is 0 Å². The molecule has 1 atom stereocenters. The molecule has 0 aliphatic carbocycles. The summed E-state index contributed by atoms with van der Waals surface area (Å²) in [6, 6.07) is 0. The van der Waals surface area contributed by atoms with Gasteiger partial charge in [-0.3, -0.25) is 0 Å². The number of nitrogens with two attached hydrogens (primary N) is 1. The van der Waals surface area contributed by atoms with E-state index in [2.05, 4.69) is 10.1 Å². The second-order valence-corrected chi connectivity index (χ2v) is 3.20. The number of nitrogen functional groups attached to an aromatic ring is 1. The van der Waals surface area contributed by atoms with Gasteiger partial charge in [-0.25, -0.2) is 4.68 Å². The molecule has 0 fully saturated rings. The van der Waals surface area contributed by atoms with Crippen molar-refractivity contribution in [2.24, 2.45) is 0 Å². The van der Waals surface area contributed by atoms with Crippen LogP contribution in [0.15, 0.2) is 0 Å². The maximum Gasteiger partial charge on any atom is 0.246 e. The van der Waals surface area contributed by atoms with Crippen molar-refractivity contribution in [2.45, 2.75) is 19.6 Å². The molecular weight excluding hydrogens is 170 g/mol. The molecule has 0 amide bonds. The fourth-order valence-corrected chi connectivity index (χ4v) is 0.916. The van der Waals surface area contributed by atoms with Gasteiger partial charge in [0.2, 0.25) is 11.9 Å². The average molecular weight is 185 g/mol. The van der Waals surface area contributed by atoms with Crippen LogP contribution >= 0.6 is 0 Å². The molecule has 3 N–H and O–H groups in total. The van der Waals surface area contributed by atoms with Gasteiger partial charge in [0.25, 0.3) is 0 Å². The summed E-state index contributed by atoms with van der Waals surface area (Å²) in [4.78, 5) is 5.77. The first kappa shape index (κ1) is 9.79. The van der Waals surface area contributed by atoms with Crippen molar-refractivity contribution in [1.29, 1.82) is 0 Å². The molecule has 6 heteroatoms. The van der Waals surface area contributed by atoms with Crippen LogP contribution in [-0.2, 0) is 6.54 Å². The number of rotatable bonds is 3. The van der Waals surface area contributed by atoms with Crippen LogP contribution < -0.4 is 10.6 Å². The third-order valence-electron chi connectivity index (χ3n) is 1.53. The minimum absolute atomic E-state index is 0.324. The zero-order chi connectivity index (χ0) is 10.0. The molecule has 0 aliphatic heterocycles. The Hall–Kier alpha value is -1.30. The maximum atomic E-state index is 9.12. The monoisotopic (exact) mass is 185 g/mol. The Labute approximate surface area is 77.0 Å². The molecule has 0 spiro atoms. The topological polar surface area (TPSA) is 80.2 Å². The molecule has 13 heavy (non-hydrogen) atoms. The average Bonchev–Trinajstić information content (AvgIpc) is 2.31. The van der Waals surface area contributed by atoms with Gasteiger partial charge in [-0.15, -0.1) is 5.10 Å². The lowest BCUT2D eigenvalue weighted by molar-refractivity contribution is 0.169. The van der Waals surface area contributed by atoms with Gasteiger partial charge >= 0.3 is 0 Å². The van der Waals surface area contributed by atoms with Crippen molar-refractivity contribution in [3.05, 3.63) is 0 Å². The lowest BCUT2D eigenvalue weighted by Crippen LogP contribution is -2.16. The Morgan fingerprint density at radius 1 is 1.62 bits per heavy atom. The van der Waals surface area contributed by atoms with Crippen LogP contribution in [0, 0.1) is 0 Å². The van der Waals surface area contributed by atoms with Gasteiger partial charge in [0.15, 0.2) is 0 Å². The second-order valence-electron chi connectivity index (χ2n) is 3.20. The van der Waals surface area contributed by atoms with E-state index in [1.807, 2.05) is 14.1 Å². The first-order valence-corrected chi connectivity index (χ1v) is 4.06. The summed E-state index contributed by atoms with van der Waals surface area (Å²) in [5.41, 5.74) is 5.58. The highest BCUT2D eigenvalue weighted by Gasteiger charge is 2.09. The standard InChI is InChI=1S/C7H15N5O/c1-5(13)4-12-6(8)9-7(10-12)11(2)3/h5,13H,4H2,1-3H3,(H2,8,9,10). The van der Waals surface area contributed by atoms with Crippen molar-refractivity contribution < 1.29 is 5.11 Å². The molecule has 0 aromatic carbocycles. The zero-order valence-corrected chi connectivity index (χ0v) is 8.10. The fraction of sp³-hybridized carbons (Fsp3) is 0.714. The number of anilines is 2. The van der Waals surface area contributed by atoms with Crippen LogP contribution in [-0.4, -0.2) is 40.1 Å². The first-order chi connectivity index (χ1) is 6.00. The largest absolute Gasteiger partial charge is 0.391 e. The third kappa shape index (κ3) is 2.32. The van der Waals surface area contributed by atoms with Gasteiger partial charge in [0.05, 0.1) is 12.6 Å². The van der Waals surface area contributed by atoms with Crippen molar-refractivity contribution in [2.75, 3.05) is 24.7 Å². The molecule has 0 bridgehead atoms. The molecule has 0 radical (unpaired) electrons. The first-order valence-electron chi connectivity index (χ1n) is 4.06. The van der Waals surface area contributed by atoms with Crippen LogP contribution in [0.5, 0.6) is 0 Å². The lowest BCUT2D eigenvalue weighted by Gasteiger charge is -2.05. The van der Waals surface area contributed by atoms with Crippen LogP contribution in [0.3, 0.4) is 0 Å². The SMILES string of the molecule is CC(O)Cn1nc(N(C)C)nc1N. The van der Waals surface area contributed by atoms with Gasteiger partial charge in [0, 0.05) is 14.1 Å². The van der Waals surface area contributed by atoms with E-state index in [0.717, 1.165) is 0 Å². The van der Waals surface area contributed by atoms with Crippen LogP contribution in [0.25, 0.3) is 0 Å². The number of aliphatic hydroxyl groups excluding tert-OH is 1. The quantitative estimate of drug-likeness (QED) is 0.651.